The predicted molar refractivity (Wildman–Crippen MR) is 86.4 cm³/mol. The van der Waals surface area contributed by atoms with Crippen LogP contribution in [0.25, 0.3) is 0 Å². The molecule has 1 aromatic rings. The zero-order chi connectivity index (χ0) is 14.1. The highest BCUT2D eigenvalue weighted by atomic mass is 35.5. The molecule has 0 fully saturated rings. The van der Waals surface area contributed by atoms with E-state index in [2.05, 4.69) is 25.2 Å². The maximum absolute atomic E-state index is 6.07. The first kappa shape index (κ1) is 16.8. The minimum absolute atomic E-state index is 0.541. The second-order valence-corrected chi connectivity index (χ2v) is 5.87. The summed E-state index contributed by atoms with van der Waals surface area (Å²) in [6.07, 6.45) is 7.52. The highest BCUT2D eigenvalue weighted by molar-refractivity contribution is 6.42. The lowest BCUT2D eigenvalue weighted by Crippen LogP contribution is -2.30. The first-order valence-corrected chi connectivity index (χ1v) is 8.10. The molecule has 0 bridgehead atoms. The molecule has 0 amide bonds. The Morgan fingerprint density at radius 2 is 1.84 bits per heavy atom. The van der Waals surface area contributed by atoms with Gasteiger partial charge in [-0.25, -0.2) is 0 Å². The van der Waals surface area contributed by atoms with E-state index in [-0.39, 0.29) is 0 Å². The number of nitrogens with one attached hydrogen (secondary N) is 1. The molecule has 0 spiro atoms. The molecule has 1 atom stereocenters. The molecule has 0 saturated heterocycles. The van der Waals surface area contributed by atoms with Gasteiger partial charge in [0.2, 0.25) is 0 Å². The van der Waals surface area contributed by atoms with Crippen LogP contribution in [0.1, 0.15) is 51.5 Å². The summed E-state index contributed by atoms with van der Waals surface area (Å²) in [6.45, 7) is 5.42. The van der Waals surface area contributed by atoms with Gasteiger partial charge in [0.1, 0.15) is 0 Å². The van der Waals surface area contributed by atoms with E-state index in [0.717, 1.165) is 13.0 Å². The standard InChI is InChI=1S/C16H25Cl2N/c1-3-5-6-7-8-14(19-4-2)11-13-9-10-15(17)16(18)12-13/h9-10,12,14,19H,3-8,11H2,1-2H3. The van der Waals surface area contributed by atoms with Gasteiger partial charge in [0.15, 0.2) is 0 Å². The lowest BCUT2D eigenvalue weighted by Gasteiger charge is -2.18. The molecular weight excluding hydrogens is 277 g/mol. The summed E-state index contributed by atoms with van der Waals surface area (Å²) < 4.78 is 0. The summed E-state index contributed by atoms with van der Waals surface area (Å²) in [7, 11) is 0. The van der Waals surface area contributed by atoms with Gasteiger partial charge in [0.25, 0.3) is 0 Å². The van der Waals surface area contributed by atoms with E-state index < -0.39 is 0 Å². The van der Waals surface area contributed by atoms with Crippen LogP contribution in [0.15, 0.2) is 18.2 Å². The van der Waals surface area contributed by atoms with Crippen molar-refractivity contribution in [2.24, 2.45) is 0 Å². The number of halogens is 2. The SMILES string of the molecule is CCCCCCC(Cc1ccc(Cl)c(Cl)c1)NCC. The first-order valence-electron chi connectivity index (χ1n) is 7.34. The molecule has 0 aliphatic carbocycles. The third kappa shape index (κ3) is 6.65. The van der Waals surface area contributed by atoms with Gasteiger partial charge >= 0.3 is 0 Å². The predicted octanol–water partition coefficient (Wildman–Crippen LogP) is 5.48. The van der Waals surface area contributed by atoms with Gasteiger partial charge in [-0.3, -0.25) is 0 Å². The third-order valence-corrected chi connectivity index (χ3v) is 4.10. The van der Waals surface area contributed by atoms with Crippen molar-refractivity contribution in [3.63, 3.8) is 0 Å². The number of rotatable bonds is 9. The van der Waals surface area contributed by atoms with Crippen LogP contribution in [0.5, 0.6) is 0 Å². The van der Waals surface area contributed by atoms with Gasteiger partial charge in [-0.05, 0) is 37.1 Å². The zero-order valence-corrected chi connectivity index (χ0v) is 13.5. The van der Waals surface area contributed by atoms with Crippen molar-refractivity contribution in [2.75, 3.05) is 6.54 Å². The molecule has 1 unspecified atom stereocenters. The van der Waals surface area contributed by atoms with E-state index in [1.165, 1.54) is 37.7 Å². The van der Waals surface area contributed by atoms with Crippen LogP contribution in [-0.2, 0) is 6.42 Å². The van der Waals surface area contributed by atoms with E-state index in [4.69, 9.17) is 23.2 Å². The van der Waals surface area contributed by atoms with Crippen LogP contribution in [0.4, 0.5) is 0 Å². The highest BCUT2D eigenvalue weighted by Gasteiger charge is 2.09. The molecule has 1 N–H and O–H groups in total. The Hall–Kier alpha value is -0.240. The number of benzene rings is 1. The van der Waals surface area contributed by atoms with Crippen molar-refractivity contribution in [2.45, 2.75) is 58.4 Å². The number of unbranched alkanes of at least 4 members (excludes halogenated alkanes) is 3. The molecule has 1 rings (SSSR count). The second kappa shape index (κ2) is 9.63. The normalized spacial score (nSPS) is 12.6. The molecule has 0 heterocycles. The Labute approximate surface area is 127 Å². The smallest absolute Gasteiger partial charge is 0.0595 e. The summed E-state index contributed by atoms with van der Waals surface area (Å²) in [5.74, 6) is 0. The minimum Gasteiger partial charge on any atom is -0.314 e. The topological polar surface area (TPSA) is 12.0 Å². The zero-order valence-electron chi connectivity index (χ0n) is 12.0. The Morgan fingerprint density at radius 1 is 1.05 bits per heavy atom. The van der Waals surface area contributed by atoms with E-state index in [1.807, 2.05) is 12.1 Å². The molecule has 0 saturated carbocycles. The van der Waals surface area contributed by atoms with E-state index in [9.17, 15) is 0 Å². The van der Waals surface area contributed by atoms with Gasteiger partial charge in [-0.1, -0.05) is 68.8 Å². The fraction of sp³-hybridized carbons (Fsp3) is 0.625. The van der Waals surface area contributed by atoms with Crippen molar-refractivity contribution in [3.8, 4) is 0 Å². The van der Waals surface area contributed by atoms with Gasteiger partial charge < -0.3 is 5.32 Å². The second-order valence-electron chi connectivity index (χ2n) is 5.06. The molecule has 0 aliphatic heterocycles. The Morgan fingerprint density at radius 3 is 2.47 bits per heavy atom. The number of hydrogen-bond donors (Lipinski definition) is 1. The summed E-state index contributed by atoms with van der Waals surface area (Å²) in [4.78, 5) is 0. The van der Waals surface area contributed by atoms with Crippen LogP contribution < -0.4 is 5.32 Å². The molecule has 108 valence electrons. The van der Waals surface area contributed by atoms with Crippen LogP contribution in [-0.4, -0.2) is 12.6 Å². The van der Waals surface area contributed by atoms with Crippen molar-refractivity contribution in [1.82, 2.24) is 5.32 Å². The van der Waals surface area contributed by atoms with Crippen molar-refractivity contribution in [1.29, 1.82) is 0 Å². The molecule has 19 heavy (non-hydrogen) atoms. The monoisotopic (exact) mass is 301 g/mol. The van der Waals surface area contributed by atoms with Gasteiger partial charge in [0.05, 0.1) is 10.0 Å². The number of likely N-dealkylation sites (N-methyl/N-ethyl adjacent to an activating group) is 1. The first-order chi connectivity index (χ1) is 9.17. The molecule has 1 aromatic carbocycles. The van der Waals surface area contributed by atoms with Crippen molar-refractivity contribution in [3.05, 3.63) is 33.8 Å². The molecule has 3 heteroatoms. The Bertz CT molecular complexity index is 366. The molecule has 1 nitrogen and oxygen atoms in total. The van der Waals surface area contributed by atoms with Gasteiger partial charge in [0, 0.05) is 6.04 Å². The maximum Gasteiger partial charge on any atom is 0.0595 e. The van der Waals surface area contributed by atoms with Crippen LogP contribution >= 0.6 is 23.2 Å². The lowest BCUT2D eigenvalue weighted by molar-refractivity contribution is 0.463. The van der Waals surface area contributed by atoms with E-state index in [0.29, 0.717) is 16.1 Å². The van der Waals surface area contributed by atoms with E-state index in [1.54, 1.807) is 0 Å². The summed E-state index contributed by atoms with van der Waals surface area (Å²) in [5, 5.41) is 4.85. The third-order valence-electron chi connectivity index (χ3n) is 3.37. The average Bonchev–Trinajstić information content (AvgIpc) is 2.39. The van der Waals surface area contributed by atoms with Crippen molar-refractivity contribution >= 4 is 23.2 Å². The molecule has 0 aliphatic rings. The quantitative estimate of drug-likeness (QED) is 0.595. The summed E-state index contributed by atoms with van der Waals surface area (Å²) in [6, 6.07) is 6.49. The number of hydrogen-bond acceptors (Lipinski definition) is 1. The summed E-state index contributed by atoms with van der Waals surface area (Å²) >= 11 is 12.0. The van der Waals surface area contributed by atoms with Crippen LogP contribution in [0.3, 0.4) is 0 Å². The highest BCUT2D eigenvalue weighted by Crippen LogP contribution is 2.23. The fourth-order valence-electron chi connectivity index (χ4n) is 2.33. The lowest BCUT2D eigenvalue weighted by atomic mass is 10.00. The largest absolute Gasteiger partial charge is 0.314 e. The fourth-order valence-corrected chi connectivity index (χ4v) is 2.65. The average molecular weight is 302 g/mol. The minimum atomic E-state index is 0.541. The Kier molecular flexibility index (Phi) is 8.52. The van der Waals surface area contributed by atoms with Crippen LogP contribution in [0, 0.1) is 0 Å². The van der Waals surface area contributed by atoms with Gasteiger partial charge in [-0.2, -0.15) is 0 Å². The van der Waals surface area contributed by atoms with E-state index >= 15 is 0 Å². The maximum atomic E-state index is 6.07. The summed E-state index contributed by atoms with van der Waals surface area (Å²) in [5.41, 5.74) is 1.26. The van der Waals surface area contributed by atoms with Crippen LogP contribution in [0.2, 0.25) is 10.0 Å². The van der Waals surface area contributed by atoms with Gasteiger partial charge in [-0.15, -0.1) is 0 Å². The molecule has 0 aromatic heterocycles. The molecule has 0 radical (unpaired) electrons. The molecular formula is C16H25Cl2N. The van der Waals surface area contributed by atoms with Crippen molar-refractivity contribution < 1.29 is 0 Å². The Balaban J connectivity index is 2.49.